The third kappa shape index (κ3) is 4.89. The van der Waals surface area contributed by atoms with E-state index in [1.165, 1.54) is 0 Å². The van der Waals surface area contributed by atoms with Crippen LogP contribution in [-0.2, 0) is 6.42 Å². The molecule has 1 atom stereocenters. The van der Waals surface area contributed by atoms with Crippen molar-refractivity contribution in [3.05, 3.63) is 47.5 Å². The maximum Gasteiger partial charge on any atom is 0.254 e. The molecule has 0 saturated heterocycles. The van der Waals surface area contributed by atoms with Crippen molar-refractivity contribution in [1.82, 2.24) is 20.1 Å². The number of nitrogens with one attached hydrogen (secondary N) is 1. The molecule has 6 heteroatoms. The molecule has 1 unspecified atom stereocenters. The van der Waals surface area contributed by atoms with Crippen LogP contribution in [-0.4, -0.2) is 38.9 Å². The van der Waals surface area contributed by atoms with Crippen LogP contribution in [0.2, 0.25) is 0 Å². The van der Waals surface area contributed by atoms with Crippen LogP contribution in [0.4, 0.5) is 0 Å². The van der Waals surface area contributed by atoms with E-state index in [0.29, 0.717) is 24.6 Å². The molecule has 0 aromatic carbocycles. The van der Waals surface area contributed by atoms with Gasteiger partial charge in [-0.25, -0.2) is 0 Å². The summed E-state index contributed by atoms with van der Waals surface area (Å²) in [6, 6.07) is 4.16. The molecule has 2 heterocycles. The van der Waals surface area contributed by atoms with Gasteiger partial charge in [0.1, 0.15) is 0 Å². The van der Waals surface area contributed by atoms with Gasteiger partial charge >= 0.3 is 0 Å². The molecule has 1 amide bonds. The summed E-state index contributed by atoms with van der Waals surface area (Å²) < 4.78 is 1.94. The van der Waals surface area contributed by atoms with Crippen LogP contribution in [0.15, 0.2) is 30.7 Å². The van der Waals surface area contributed by atoms with Crippen LogP contribution in [0.1, 0.15) is 54.3 Å². The smallest absolute Gasteiger partial charge is 0.254 e. The normalized spacial score (nSPS) is 12.4. The number of nitrogens with zero attached hydrogens (tertiary/aromatic N) is 3. The molecule has 2 N–H and O–H groups in total. The third-order valence-corrected chi connectivity index (χ3v) is 4.63. The van der Waals surface area contributed by atoms with Crippen LogP contribution in [0.3, 0.4) is 0 Å². The van der Waals surface area contributed by atoms with Gasteiger partial charge in [-0.3, -0.25) is 14.5 Å². The second-order valence-corrected chi connectivity index (χ2v) is 6.38. The van der Waals surface area contributed by atoms with Crippen LogP contribution in [0, 0.1) is 12.8 Å². The molecule has 0 radical (unpaired) electrons. The first-order valence-electron chi connectivity index (χ1n) is 8.92. The minimum absolute atomic E-state index is 0.0150. The summed E-state index contributed by atoms with van der Waals surface area (Å²) in [5.74, 6) is -0.179. The van der Waals surface area contributed by atoms with Crippen molar-refractivity contribution in [2.75, 3.05) is 13.2 Å². The molecule has 0 saturated carbocycles. The van der Waals surface area contributed by atoms with E-state index >= 15 is 0 Å². The van der Waals surface area contributed by atoms with Gasteiger partial charge in [0.15, 0.2) is 0 Å². The third-order valence-electron chi connectivity index (χ3n) is 4.63. The van der Waals surface area contributed by atoms with E-state index in [2.05, 4.69) is 29.2 Å². The molecule has 6 nitrogen and oxygen atoms in total. The predicted molar refractivity (Wildman–Crippen MR) is 97.4 cm³/mol. The van der Waals surface area contributed by atoms with Gasteiger partial charge < -0.3 is 10.4 Å². The van der Waals surface area contributed by atoms with Gasteiger partial charge in [-0.05, 0) is 37.8 Å². The van der Waals surface area contributed by atoms with Crippen molar-refractivity contribution in [3.8, 4) is 0 Å². The predicted octanol–water partition coefficient (Wildman–Crippen LogP) is 2.53. The number of amides is 1. The van der Waals surface area contributed by atoms with E-state index in [1.807, 2.05) is 23.7 Å². The van der Waals surface area contributed by atoms with E-state index in [9.17, 15) is 9.90 Å². The monoisotopic (exact) mass is 344 g/mol. The lowest BCUT2D eigenvalue weighted by atomic mass is 10.0. The van der Waals surface area contributed by atoms with Crippen molar-refractivity contribution < 1.29 is 9.90 Å². The Labute approximate surface area is 149 Å². The highest BCUT2D eigenvalue weighted by atomic mass is 16.3. The van der Waals surface area contributed by atoms with E-state index in [4.69, 9.17) is 0 Å². The van der Waals surface area contributed by atoms with Gasteiger partial charge in [-0.15, -0.1) is 0 Å². The summed E-state index contributed by atoms with van der Waals surface area (Å²) in [5.41, 5.74) is 2.54. The fourth-order valence-corrected chi connectivity index (χ4v) is 3.03. The van der Waals surface area contributed by atoms with Crippen molar-refractivity contribution in [1.29, 1.82) is 0 Å². The second kappa shape index (κ2) is 9.32. The number of hydrogen-bond donors (Lipinski definition) is 2. The molecule has 0 fully saturated rings. The highest BCUT2D eigenvalue weighted by Gasteiger charge is 2.19. The van der Waals surface area contributed by atoms with E-state index < -0.39 is 0 Å². The van der Waals surface area contributed by atoms with Crippen LogP contribution in [0.5, 0.6) is 0 Å². The maximum atomic E-state index is 12.5. The molecule has 136 valence electrons. The topological polar surface area (TPSA) is 80.0 Å². The van der Waals surface area contributed by atoms with Gasteiger partial charge in [0.2, 0.25) is 0 Å². The molecule has 0 spiro atoms. The van der Waals surface area contributed by atoms with Gasteiger partial charge in [0.05, 0.1) is 17.8 Å². The summed E-state index contributed by atoms with van der Waals surface area (Å²) >= 11 is 0. The highest BCUT2D eigenvalue weighted by Crippen LogP contribution is 2.19. The molecule has 2 aromatic rings. The average Bonchev–Trinajstić information content (AvgIpc) is 3.02. The molecule has 2 rings (SSSR count). The Morgan fingerprint density at radius 2 is 2.08 bits per heavy atom. The van der Waals surface area contributed by atoms with Crippen LogP contribution in [0.25, 0.3) is 0 Å². The Kier molecular flexibility index (Phi) is 7.13. The van der Waals surface area contributed by atoms with Gasteiger partial charge in [0.25, 0.3) is 5.91 Å². The summed E-state index contributed by atoms with van der Waals surface area (Å²) in [4.78, 5) is 16.6. The summed E-state index contributed by atoms with van der Waals surface area (Å²) in [5, 5.41) is 16.9. The first kappa shape index (κ1) is 19.1. The minimum atomic E-state index is -0.139. The van der Waals surface area contributed by atoms with Gasteiger partial charge in [-0.2, -0.15) is 5.10 Å². The average molecular weight is 344 g/mol. The van der Waals surface area contributed by atoms with E-state index in [-0.39, 0.29) is 18.4 Å². The Balaban J connectivity index is 1.97. The van der Waals surface area contributed by atoms with Crippen LogP contribution < -0.4 is 5.32 Å². The Bertz CT molecular complexity index is 665. The lowest BCUT2D eigenvalue weighted by molar-refractivity contribution is 0.0939. The molecular formula is C19H28N4O2. The minimum Gasteiger partial charge on any atom is -0.396 e. The molecule has 0 aliphatic rings. The molecular weight excluding hydrogens is 316 g/mol. The quantitative estimate of drug-likeness (QED) is 0.732. The van der Waals surface area contributed by atoms with Crippen molar-refractivity contribution in [2.24, 2.45) is 5.92 Å². The Hall–Kier alpha value is -2.21. The summed E-state index contributed by atoms with van der Waals surface area (Å²) in [7, 11) is 0. The zero-order valence-corrected chi connectivity index (χ0v) is 15.3. The zero-order valence-electron chi connectivity index (χ0n) is 15.3. The number of aromatic nitrogens is 3. The van der Waals surface area contributed by atoms with E-state index in [0.717, 1.165) is 24.1 Å². The number of pyridine rings is 1. The van der Waals surface area contributed by atoms with Gasteiger partial charge in [0, 0.05) is 37.2 Å². The lowest BCUT2D eigenvalue weighted by Gasteiger charge is -2.16. The number of aliphatic hydroxyl groups is 1. The number of hydrogen-bond acceptors (Lipinski definition) is 4. The Morgan fingerprint density at radius 3 is 2.68 bits per heavy atom. The molecule has 0 aliphatic carbocycles. The number of carbonyl (C=O) groups is 1. The largest absolute Gasteiger partial charge is 0.396 e. The number of rotatable bonds is 9. The maximum absolute atomic E-state index is 12.5. The standard InChI is InChI=1S/C19H28N4O2/c1-4-17(5-2)23-14(3)18(12-22-23)19(25)21-11-16(13-24)9-15-7-6-8-20-10-15/h6-8,10,12,16-17,24H,4-5,9,11,13H2,1-3H3,(H,21,25). The molecule has 25 heavy (non-hydrogen) atoms. The molecule has 0 aliphatic heterocycles. The van der Waals surface area contributed by atoms with E-state index in [1.54, 1.807) is 18.6 Å². The lowest BCUT2D eigenvalue weighted by Crippen LogP contribution is -2.32. The zero-order chi connectivity index (χ0) is 18.2. The highest BCUT2D eigenvalue weighted by molar-refractivity contribution is 5.95. The van der Waals surface area contributed by atoms with Crippen molar-refractivity contribution in [2.45, 2.75) is 46.1 Å². The fraction of sp³-hybridized carbons (Fsp3) is 0.526. The molecule has 0 bridgehead atoms. The SMILES string of the molecule is CCC(CC)n1ncc(C(=O)NCC(CO)Cc2cccnc2)c1C. The first-order valence-corrected chi connectivity index (χ1v) is 8.92. The first-order chi connectivity index (χ1) is 12.1. The van der Waals surface area contributed by atoms with Crippen molar-refractivity contribution in [3.63, 3.8) is 0 Å². The number of aliphatic hydroxyl groups excluding tert-OH is 1. The van der Waals surface area contributed by atoms with Gasteiger partial charge in [-0.1, -0.05) is 19.9 Å². The molecule has 2 aromatic heterocycles. The fourth-order valence-electron chi connectivity index (χ4n) is 3.03. The Morgan fingerprint density at radius 1 is 1.32 bits per heavy atom. The summed E-state index contributed by atoms with van der Waals surface area (Å²) in [6.07, 6.45) is 7.79. The second-order valence-electron chi connectivity index (χ2n) is 6.38. The van der Waals surface area contributed by atoms with Crippen LogP contribution >= 0.6 is 0 Å². The van der Waals surface area contributed by atoms with Crippen molar-refractivity contribution >= 4 is 5.91 Å². The number of carbonyl (C=O) groups excluding carboxylic acids is 1. The summed E-state index contributed by atoms with van der Waals surface area (Å²) in [6.45, 7) is 6.61.